The smallest absolute Gasteiger partial charge is 0.260 e. The van der Waals surface area contributed by atoms with E-state index in [-0.39, 0.29) is 30.7 Å². The van der Waals surface area contributed by atoms with Crippen LogP contribution in [0.15, 0.2) is 41.5 Å². The van der Waals surface area contributed by atoms with Gasteiger partial charge in [-0.3, -0.25) is 14.4 Å². The number of rotatable bonds is 9. The lowest BCUT2D eigenvalue weighted by Crippen LogP contribution is -2.43. The molecule has 0 radical (unpaired) electrons. The number of anilines is 1. The van der Waals surface area contributed by atoms with Crippen molar-refractivity contribution in [1.82, 2.24) is 10.3 Å². The van der Waals surface area contributed by atoms with Crippen molar-refractivity contribution in [3.8, 4) is 11.5 Å². The van der Waals surface area contributed by atoms with Crippen LogP contribution in [-0.4, -0.2) is 74.9 Å². The van der Waals surface area contributed by atoms with Gasteiger partial charge in [-0.05, 0) is 67.8 Å². The zero-order valence-corrected chi connectivity index (χ0v) is 22.1. The Morgan fingerprint density at radius 1 is 1.08 bits per heavy atom. The van der Waals surface area contributed by atoms with Crippen molar-refractivity contribution in [3.63, 3.8) is 0 Å². The van der Waals surface area contributed by atoms with Crippen LogP contribution >= 0.6 is 0 Å². The van der Waals surface area contributed by atoms with Gasteiger partial charge in [0.2, 0.25) is 11.8 Å². The molecule has 10 nitrogen and oxygen atoms in total. The number of hydrazone groups is 1. The number of hydrogen-bond acceptors (Lipinski definition) is 7. The highest BCUT2D eigenvalue weighted by Gasteiger charge is 2.35. The predicted molar refractivity (Wildman–Crippen MR) is 143 cm³/mol. The van der Waals surface area contributed by atoms with E-state index >= 15 is 0 Å². The molecule has 0 bridgehead atoms. The number of morpholine rings is 1. The number of nitrogens with zero attached hydrogens (tertiary/aromatic N) is 3. The highest BCUT2D eigenvalue weighted by Crippen LogP contribution is 2.29. The lowest BCUT2D eigenvalue weighted by Gasteiger charge is -2.26. The number of benzene rings is 2. The summed E-state index contributed by atoms with van der Waals surface area (Å²) < 4.78 is 16.7. The van der Waals surface area contributed by atoms with Crippen LogP contribution in [0.25, 0.3) is 0 Å². The van der Waals surface area contributed by atoms with E-state index in [4.69, 9.17) is 14.2 Å². The van der Waals surface area contributed by atoms with Crippen LogP contribution in [0.2, 0.25) is 0 Å². The molecule has 2 fully saturated rings. The quantitative estimate of drug-likeness (QED) is 0.400. The third-order valence-corrected chi connectivity index (χ3v) is 6.67. The Morgan fingerprint density at radius 2 is 1.87 bits per heavy atom. The van der Waals surface area contributed by atoms with Crippen molar-refractivity contribution < 1.29 is 28.6 Å². The van der Waals surface area contributed by atoms with E-state index in [2.05, 4.69) is 10.5 Å². The molecule has 2 aromatic carbocycles. The van der Waals surface area contributed by atoms with Crippen molar-refractivity contribution >= 4 is 29.6 Å². The minimum Gasteiger partial charge on any atom is -0.490 e. The molecule has 3 amide bonds. The van der Waals surface area contributed by atoms with Crippen LogP contribution in [-0.2, 0) is 19.1 Å². The van der Waals surface area contributed by atoms with Crippen LogP contribution in [0.5, 0.6) is 11.5 Å². The molecule has 2 aromatic rings. The summed E-state index contributed by atoms with van der Waals surface area (Å²) in [6.45, 7) is 8.68. The molecule has 2 aliphatic heterocycles. The number of carbonyl (C=O) groups is 3. The van der Waals surface area contributed by atoms with Crippen molar-refractivity contribution in [2.75, 3.05) is 51.0 Å². The Hall–Kier alpha value is -3.92. The summed E-state index contributed by atoms with van der Waals surface area (Å²) in [7, 11) is 0. The van der Waals surface area contributed by atoms with Gasteiger partial charge < -0.3 is 24.0 Å². The van der Waals surface area contributed by atoms with Crippen molar-refractivity contribution in [2.45, 2.75) is 27.2 Å². The molecule has 0 saturated carbocycles. The number of hydrogen-bond donors (Lipinski definition) is 1. The summed E-state index contributed by atoms with van der Waals surface area (Å²) in [5.41, 5.74) is 6.28. The summed E-state index contributed by atoms with van der Waals surface area (Å²) in [4.78, 5) is 41.0. The fourth-order valence-corrected chi connectivity index (χ4v) is 4.32. The fourth-order valence-electron chi connectivity index (χ4n) is 4.32. The average molecular weight is 523 g/mol. The van der Waals surface area contributed by atoms with Gasteiger partial charge in [0.25, 0.3) is 5.91 Å². The Kier molecular flexibility index (Phi) is 8.96. The molecule has 2 heterocycles. The van der Waals surface area contributed by atoms with E-state index in [1.807, 2.05) is 39.0 Å². The molecule has 1 atom stereocenters. The number of amides is 3. The number of ether oxygens (including phenoxy) is 3. The van der Waals surface area contributed by atoms with Gasteiger partial charge in [-0.15, -0.1) is 0 Å². The molecule has 1 N–H and O–H groups in total. The van der Waals surface area contributed by atoms with Gasteiger partial charge in [0, 0.05) is 31.7 Å². The molecule has 0 aromatic heterocycles. The zero-order chi connectivity index (χ0) is 27.1. The van der Waals surface area contributed by atoms with Gasteiger partial charge in [-0.25, -0.2) is 5.43 Å². The molecule has 4 rings (SSSR count). The summed E-state index contributed by atoms with van der Waals surface area (Å²) >= 11 is 0. The van der Waals surface area contributed by atoms with Gasteiger partial charge in [0.05, 0.1) is 32.0 Å². The summed E-state index contributed by atoms with van der Waals surface area (Å²) in [6.07, 6.45) is 1.64. The Balaban J connectivity index is 1.32. The van der Waals surface area contributed by atoms with Crippen LogP contribution in [0.1, 0.15) is 30.0 Å². The molecular weight excluding hydrogens is 488 g/mol. The molecular formula is C28H34N4O6. The molecule has 2 saturated heterocycles. The first-order valence-corrected chi connectivity index (χ1v) is 12.8. The predicted octanol–water partition coefficient (Wildman–Crippen LogP) is 2.44. The third kappa shape index (κ3) is 6.69. The van der Waals surface area contributed by atoms with E-state index in [1.54, 1.807) is 28.0 Å². The largest absolute Gasteiger partial charge is 0.490 e. The van der Waals surface area contributed by atoms with Crippen molar-refractivity contribution in [1.29, 1.82) is 0 Å². The van der Waals surface area contributed by atoms with Crippen molar-refractivity contribution in [2.24, 2.45) is 11.0 Å². The summed E-state index contributed by atoms with van der Waals surface area (Å²) in [5.74, 6) is -0.0620. The second-order valence-corrected chi connectivity index (χ2v) is 9.33. The van der Waals surface area contributed by atoms with Gasteiger partial charge in [0.1, 0.15) is 0 Å². The van der Waals surface area contributed by atoms with E-state index < -0.39 is 5.92 Å². The zero-order valence-electron chi connectivity index (χ0n) is 22.1. The van der Waals surface area contributed by atoms with Crippen LogP contribution in [0, 0.1) is 19.8 Å². The number of carbonyl (C=O) groups excluding carboxylic acids is 3. The summed E-state index contributed by atoms with van der Waals surface area (Å²) in [6, 6.07) is 11.0. The second-order valence-electron chi connectivity index (χ2n) is 9.33. The Labute approximate surface area is 222 Å². The van der Waals surface area contributed by atoms with Gasteiger partial charge in [-0.1, -0.05) is 6.07 Å². The molecule has 38 heavy (non-hydrogen) atoms. The fraction of sp³-hybridized carbons (Fsp3) is 0.429. The lowest BCUT2D eigenvalue weighted by atomic mass is 10.1. The average Bonchev–Trinajstić information content (AvgIpc) is 3.32. The van der Waals surface area contributed by atoms with Crippen LogP contribution in [0.3, 0.4) is 0 Å². The molecule has 0 spiro atoms. The highest BCUT2D eigenvalue weighted by atomic mass is 16.5. The highest BCUT2D eigenvalue weighted by molar-refractivity contribution is 6.00. The third-order valence-electron chi connectivity index (χ3n) is 6.67. The molecule has 202 valence electrons. The normalized spacial score (nSPS) is 17.7. The number of aryl methyl sites for hydroxylation is 2. The van der Waals surface area contributed by atoms with Crippen molar-refractivity contribution in [3.05, 3.63) is 53.1 Å². The standard InChI is InChI=1S/C28H34N4O6/c1-4-37-25-14-21(6-8-24(25)38-18-27(34)31-9-11-36-12-10-31)16-29-30-28(35)22-15-26(33)32(17-22)23-7-5-19(2)20(3)13-23/h5-8,13-14,16,22H,4,9-12,15,17-18H2,1-3H3,(H,30,35)/b29-16-/t22-/m1/s1. The monoisotopic (exact) mass is 522 g/mol. The SMILES string of the molecule is CCOc1cc(/C=N\NC(=O)[C@@H]2CC(=O)N(c3ccc(C)c(C)c3)C2)ccc1OCC(=O)N1CCOCC1. The van der Waals surface area contributed by atoms with E-state index in [1.165, 1.54) is 6.21 Å². The van der Waals surface area contributed by atoms with E-state index in [0.29, 0.717) is 56.5 Å². The maximum atomic E-state index is 12.7. The number of nitrogens with one attached hydrogen (secondary N) is 1. The first-order chi connectivity index (χ1) is 18.4. The molecule has 2 aliphatic rings. The Morgan fingerprint density at radius 3 is 2.61 bits per heavy atom. The van der Waals surface area contributed by atoms with Gasteiger partial charge in [-0.2, -0.15) is 5.10 Å². The maximum Gasteiger partial charge on any atom is 0.260 e. The van der Waals surface area contributed by atoms with Crippen LogP contribution in [0.4, 0.5) is 5.69 Å². The molecule has 0 aliphatic carbocycles. The minimum atomic E-state index is -0.486. The minimum absolute atomic E-state index is 0.0820. The van der Waals surface area contributed by atoms with Gasteiger partial charge in [0.15, 0.2) is 18.1 Å². The van der Waals surface area contributed by atoms with Gasteiger partial charge >= 0.3 is 0 Å². The molecule has 0 unspecified atom stereocenters. The van der Waals surface area contributed by atoms with Crippen LogP contribution < -0.4 is 19.8 Å². The maximum absolute atomic E-state index is 12.7. The first-order valence-electron chi connectivity index (χ1n) is 12.8. The Bertz CT molecular complexity index is 1210. The topological polar surface area (TPSA) is 110 Å². The van der Waals surface area contributed by atoms with E-state index in [9.17, 15) is 14.4 Å². The lowest BCUT2D eigenvalue weighted by molar-refractivity contribution is -0.137. The van der Waals surface area contributed by atoms with E-state index in [0.717, 1.165) is 16.8 Å². The first kappa shape index (κ1) is 27.1. The molecule has 10 heteroatoms. The second kappa shape index (κ2) is 12.6. The summed E-state index contributed by atoms with van der Waals surface area (Å²) in [5, 5.41) is 4.08.